The van der Waals surface area contributed by atoms with Crippen LogP contribution in [0.1, 0.15) is 18.4 Å². The molecule has 1 atom stereocenters. The predicted molar refractivity (Wildman–Crippen MR) is 82.9 cm³/mol. The van der Waals surface area contributed by atoms with E-state index < -0.39 is 17.7 Å². The zero-order valence-corrected chi connectivity index (χ0v) is 13.2. The third kappa shape index (κ3) is 4.97. The highest BCUT2D eigenvalue weighted by molar-refractivity contribution is 5.88. The number of nitrogens with one attached hydrogen (secondary N) is 2. The molecule has 0 aliphatic carbocycles. The van der Waals surface area contributed by atoms with Crippen LogP contribution in [0.4, 0.5) is 8.78 Å². The van der Waals surface area contributed by atoms with Crippen molar-refractivity contribution in [2.45, 2.75) is 25.4 Å². The van der Waals surface area contributed by atoms with Gasteiger partial charge in [-0.3, -0.25) is 14.5 Å². The molecule has 0 saturated carbocycles. The van der Waals surface area contributed by atoms with E-state index in [1.807, 2.05) is 0 Å². The third-order valence-electron chi connectivity index (χ3n) is 3.85. The number of carbonyl (C=O) groups is 2. The summed E-state index contributed by atoms with van der Waals surface area (Å²) in [4.78, 5) is 25.8. The molecule has 0 aromatic heterocycles. The van der Waals surface area contributed by atoms with Crippen LogP contribution in [0.15, 0.2) is 18.2 Å². The molecule has 6 nitrogen and oxygen atoms in total. The Morgan fingerprint density at radius 3 is 2.88 bits per heavy atom. The lowest BCUT2D eigenvalue weighted by molar-refractivity contribution is -0.134. The molecule has 8 heteroatoms. The van der Waals surface area contributed by atoms with Crippen molar-refractivity contribution >= 4 is 11.8 Å². The van der Waals surface area contributed by atoms with Gasteiger partial charge >= 0.3 is 0 Å². The average molecular weight is 341 g/mol. The van der Waals surface area contributed by atoms with Gasteiger partial charge in [0.25, 0.3) is 0 Å². The molecule has 24 heavy (non-hydrogen) atoms. The summed E-state index contributed by atoms with van der Waals surface area (Å²) in [6.45, 7) is 1.52. The van der Waals surface area contributed by atoms with Crippen LogP contribution in [0, 0.1) is 11.6 Å². The molecule has 132 valence electrons. The number of benzene rings is 1. The second kappa shape index (κ2) is 8.70. The molecule has 1 aromatic rings. The van der Waals surface area contributed by atoms with Crippen molar-refractivity contribution in [1.29, 1.82) is 0 Å². The molecular formula is C16H21F2N3O3. The largest absolute Gasteiger partial charge is 0.396 e. The molecule has 1 heterocycles. The molecule has 1 saturated heterocycles. The van der Waals surface area contributed by atoms with Crippen molar-refractivity contribution in [2.75, 3.05) is 26.2 Å². The SMILES string of the molecule is O=C(C[C@H]1C(=O)NCCN1Cc1ccc(F)c(F)c1)NCCCO. The minimum Gasteiger partial charge on any atom is -0.396 e. The van der Waals surface area contributed by atoms with Crippen LogP contribution in [0.25, 0.3) is 0 Å². The number of aliphatic hydroxyl groups excluding tert-OH is 1. The third-order valence-corrected chi connectivity index (χ3v) is 3.85. The van der Waals surface area contributed by atoms with Crippen molar-refractivity contribution in [2.24, 2.45) is 0 Å². The van der Waals surface area contributed by atoms with E-state index in [0.29, 0.717) is 31.6 Å². The van der Waals surface area contributed by atoms with E-state index in [1.165, 1.54) is 6.07 Å². The highest BCUT2D eigenvalue weighted by atomic mass is 19.2. The Balaban J connectivity index is 2.01. The fourth-order valence-corrected chi connectivity index (χ4v) is 2.60. The van der Waals surface area contributed by atoms with Gasteiger partial charge in [-0.15, -0.1) is 0 Å². The lowest BCUT2D eigenvalue weighted by atomic mass is 10.1. The van der Waals surface area contributed by atoms with Gasteiger partial charge in [-0.25, -0.2) is 8.78 Å². The molecule has 0 radical (unpaired) electrons. The van der Waals surface area contributed by atoms with Gasteiger partial charge in [0.2, 0.25) is 11.8 Å². The number of carbonyl (C=O) groups excluding carboxylic acids is 2. The van der Waals surface area contributed by atoms with Gasteiger partial charge < -0.3 is 15.7 Å². The maximum atomic E-state index is 13.3. The first-order chi connectivity index (χ1) is 11.5. The molecule has 1 aliphatic heterocycles. The van der Waals surface area contributed by atoms with Crippen LogP contribution in [0.3, 0.4) is 0 Å². The predicted octanol–water partition coefficient (Wildman–Crippen LogP) is 0.154. The molecule has 2 rings (SSSR count). The van der Waals surface area contributed by atoms with Gasteiger partial charge in [0.1, 0.15) is 0 Å². The molecule has 0 bridgehead atoms. The van der Waals surface area contributed by atoms with E-state index in [9.17, 15) is 18.4 Å². The Morgan fingerprint density at radius 1 is 1.38 bits per heavy atom. The Labute approximate surface area is 138 Å². The van der Waals surface area contributed by atoms with Crippen molar-refractivity contribution in [1.82, 2.24) is 15.5 Å². The van der Waals surface area contributed by atoms with Crippen LogP contribution in [-0.2, 0) is 16.1 Å². The van der Waals surface area contributed by atoms with Crippen molar-refractivity contribution in [3.05, 3.63) is 35.4 Å². The van der Waals surface area contributed by atoms with E-state index in [0.717, 1.165) is 12.1 Å². The summed E-state index contributed by atoms with van der Waals surface area (Å²) < 4.78 is 26.3. The lowest BCUT2D eigenvalue weighted by Crippen LogP contribution is -2.56. The highest BCUT2D eigenvalue weighted by Gasteiger charge is 2.31. The first kappa shape index (κ1) is 18.3. The van der Waals surface area contributed by atoms with E-state index in [-0.39, 0.29) is 31.4 Å². The number of hydrogen-bond donors (Lipinski definition) is 3. The highest BCUT2D eigenvalue weighted by Crippen LogP contribution is 2.16. The lowest BCUT2D eigenvalue weighted by Gasteiger charge is -2.34. The number of halogens is 2. The Hall–Kier alpha value is -2.06. The van der Waals surface area contributed by atoms with Gasteiger partial charge in [0.05, 0.1) is 12.5 Å². The fourth-order valence-electron chi connectivity index (χ4n) is 2.60. The quantitative estimate of drug-likeness (QED) is 0.617. The van der Waals surface area contributed by atoms with Crippen LogP contribution < -0.4 is 10.6 Å². The molecule has 1 fully saturated rings. The number of hydrogen-bond acceptors (Lipinski definition) is 4. The van der Waals surface area contributed by atoms with Crippen LogP contribution in [0.2, 0.25) is 0 Å². The second-order valence-corrected chi connectivity index (χ2v) is 5.66. The summed E-state index contributed by atoms with van der Waals surface area (Å²) in [5.41, 5.74) is 0.536. The maximum Gasteiger partial charge on any atom is 0.237 e. The van der Waals surface area contributed by atoms with Crippen LogP contribution in [0.5, 0.6) is 0 Å². The minimum absolute atomic E-state index is 0.0214. The minimum atomic E-state index is -0.938. The zero-order valence-electron chi connectivity index (χ0n) is 13.2. The number of piperazine rings is 1. The van der Waals surface area contributed by atoms with E-state index in [1.54, 1.807) is 4.90 Å². The molecule has 2 amide bonds. The fraction of sp³-hybridized carbons (Fsp3) is 0.500. The normalized spacial score (nSPS) is 18.3. The smallest absolute Gasteiger partial charge is 0.237 e. The Kier molecular flexibility index (Phi) is 6.62. The van der Waals surface area contributed by atoms with Gasteiger partial charge in [-0.2, -0.15) is 0 Å². The van der Waals surface area contributed by atoms with E-state index in [4.69, 9.17) is 5.11 Å². The Bertz CT molecular complexity index is 598. The van der Waals surface area contributed by atoms with E-state index >= 15 is 0 Å². The summed E-state index contributed by atoms with van der Waals surface area (Å²) in [6.07, 6.45) is 0.419. The van der Waals surface area contributed by atoms with E-state index in [2.05, 4.69) is 10.6 Å². The molecule has 0 spiro atoms. The molecule has 1 aromatic carbocycles. The number of rotatable bonds is 7. The monoisotopic (exact) mass is 341 g/mol. The molecule has 0 unspecified atom stereocenters. The first-order valence-electron chi connectivity index (χ1n) is 7.84. The summed E-state index contributed by atoms with van der Waals surface area (Å²) >= 11 is 0. The van der Waals surface area contributed by atoms with Crippen molar-refractivity contribution in [3.63, 3.8) is 0 Å². The first-order valence-corrected chi connectivity index (χ1v) is 7.84. The number of aliphatic hydroxyl groups is 1. The van der Waals surface area contributed by atoms with Gasteiger partial charge in [0, 0.05) is 32.8 Å². The van der Waals surface area contributed by atoms with Gasteiger partial charge in [-0.05, 0) is 24.1 Å². The van der Waals surface area contributed by atoms with Gasteiger partial charge in [0.15, 0.2) is 11.6 Å². The zero-order chi connectivity index (χ0) is 17.5. The topological polar surface area (TPSA) is 81.7 Å². The van der Waals surface area contributed by atoms with Crippen LogP contribution in [-0.4, -0.2) is 54.1 Å². The maximum absolute atomic E-state index is 13.3. The second-order valence-electron chi connectivity index (χ2n) is 5.66. The van der Waals surface area contributed by atoms with Gasteiger partial charge in [-0.1, -0.05) is 6.07 Å². The Morgan fingerprint density at radius 2 is 2.17 bits per heavy atom. The number of amides is 2. The summed E-state index contributed by atoms with van der Waals surface area (Å²) in [6, 6.07) is 2.94. The standard InChI is InChI=1S/C16H21F2N3O3/c17-12-3-2-11(8-13(12)18)10-21-6-5-20-16(24)14(21)9-15(23)19-4-1-7-22/h2-3,8,14,22H,1,4-7,9-10H2,(H,19,23)(H,20,24)/t14-/m0/s1. The summed E-state index contributed by atoms with van der Waals surface area (Å²) in [7, 11) is 0. The van der Waals surface area contributed by atoms with Crippen molar-refractivity contribution < 1.29 is 23.5 Å². The van der Waals surface area contributed by atoms with Crippen molar-refractivity contribution in [3.8, 4) is 0 Å². The van der Waals surface area contributed by atoms with Crippen LogP contribution >= 0.6 is 0 Å². The average Bonchev–Trinajstić information content (AvgIpc) is 2.54. The number of nitrogens with zero attached hydrogens (tertiary/aromatic N) is 1. The molecule has 1 aliphatic rings. The molecule has 3 N–H and O–H groups in total. The molecular weight excluding hydrogens is 320 g/mol. The summed E-state index contributed by atoms with van der Waals surface area (Å²) in [5, 5.41) is 14.1. The summed E-state index contributed by atoms with van der Waals surface area (Å²) in [5.74, 6) is -2.41.